The number of hydrogen-bond donors (Lipinski definition) is 1. The van der Waals surface area contributed by atoms with Crippen LogP contribution in [0.3, 0.4) is 0 Å². The molecule has 23 heavy (non-hydrogen) atoms. The van der Waals surface area contributed by atoms with Crippen molar-refractivity contribution in [3.05, 3.63) is 34.9 Å². The zero-order chi connectivity index (χ0) is 16.8. The molecule has 1 aromatic rings. The van der Waals surface area contributed by atoms with Gasteiger partial charge in [0.05, 0.1) is 6.10 Å². The molecule has 0 bridgehead atoms. The second-order valence-corrected chi connectivity index (χ2v) is 8.55. The average Bonchev–Trinajstić information content (AvgIpc) is 2.52. The van der Waals surface area contributed by atoms with Crippen LogP contribution in [0, 0.1) is 0 Å². The number of aliphatic hydroxyl groups is 1. The third-order valence-electron chi connectivity index (χ3n) is 5.85. The molecule has 3 rings (SSSR count). The molecule has 0 spiro atoms. The molecule has 0 aromatic heterocycles. The maximum absolute atomic E-state index is 12.8. The summed E-state index contributed by atoms with van der Waals surface area (Å²) in [5, 5.41) is 9.63. The smallest absolute Gasteiger partial charge is 0.253 e. The molecule has 1 aliphatic carbocycles. The topological polar surface area (TPSA) is 40.5 Å². The number of likely N-dealkylation sites (tertiary alicyclic amines) is 1. The molecule has 1 aliphatic heterocycles. The maximum atomic E-state index is 12.8. The Morgan fingerprint density at radius 1 is 1.04 bits per heavy atom. The van der Waals surface area contributed by atoms with Gasteiger partial charge < -0.3 is 10.0 Å². The van der Waals surface area contributed by atoms with Crippen LogP contribution in [0.1, 0.15) is 74.9 Å². The van der Waals surface area contributed by atoms with Crippen molar-refractivity contribution in [2.45, 2.75) is 70.3 Å². The summed E-state index contributed by atoms with van der Waals surface area (Å²) in [5.74, 6) is 0.110. The molecule has 1 fully saturated rings. The van der Waals surface area contributed by atoms with Crippen LogP contribution in [-0.4, -0.2) is 35.1 Å². The van der Waals surface area contributed by atoms with Crippen molar-refractivity contribution in [1.82, 2.24) is 4.90 Å². The first-order valence-electron chi connectivity index (χ1n) is 8.83. The van der Waals surface area contributed by atoms with Crippen LogP contribution in [0.2, 0.25) is 0 Å². The Labute approximate surface area is 139 Å². The van der Waals surface area contributed by atoms with Gasteiger partial charge in [0.1, 0.15) is 0 Å². The Kier molecular flexibility index (Phi) is 4.04. The van der Waals surface area contributed by atoms with Gasteiger partial charge >= 0.3 is 0 Å². The summed E-state index contributed by atoms with van der Waals surface area (Å²) in [4.78, 5) is 14.7. The summed E-state index contributed by atoms with van der Waals surface area (Å²) < 4.78 is 0. The van der Waals surface area contributed by atoms with Crippen LogP contribution >= 0.6 is 0 Å². The lowest BCUT2D eigenvalue weighted by atomic mass is 9.63. The van der Waals surface area contributed by atoms with E-state index < -0.39 is 0 Å². The highest BCUT2D eigenvalue weighted by Crippen LogP contribution is 2.45. The standard InChI is InChI=1S/C20H29NO2/c1-19(2)9-10-20(3,4)17-13-14(5-6-16(17)19)18(23)21-11-7-15(22)8-12-21/h5-6,13,15,22H,7-12H2,1-4H3. The molecule has 3 heteroatoms. The lowest BCUT2D eigenvalue weighted by Gasteiger charge is -2.42. The molecule has 3 nitrogen and oxygen atoms in total. The summed E-state index contributed by atoms with van der Waals surface area (Å²) in [5.41, 5.74) is 3.82. The van der Waals surface area contributed by atoms with Crippen LogP contribution < -0.4 is 0 Å². The Morgan fingerprint density at radius 3 is 2.22 bits per heavy atom. The van der Waals surface area contributed by atoms with E-state index in [4.69, 9.17) is 0 Å². The Morgan fingerprint density at radius 2 is 1.61 bits per heavy atom. The number of carbonyl (C=O) groups excluding carboxylic acids is 1. The van der Waals surface area contributed by atoms with Gasteiger partial charge in [-0.05, 0) is 59.8 Å². The number of benzene rings is 1. The van der Waals surface area contributed by atoms with Gasteiger partial charge in [0.25, 0.3) is 5.91 Å². The molecule has 1 amide bonds. The van der Waals surface area contributed by atoms with Crippen molar-refractivity contribution in [2.24, 2.45) is 0 Å². The Balaban J connectivity index is 1.92. The first kappa shape index (κ1) is 16.5. The molecule has 0 unspecified atom stereocenters. The quantitative estimate of drug-likeness (QED) is 0.859. The zero-order valence-corrected chi connectivity index (χ0v) is 14.9. The SMILES string of the molecule is CC1(C)CCC(C)(C)c2cc(C(=O)N3CCC(O)CC3)ccc21. The number of hydrogen-bond acceptors (Lipinski definition) is 2. The lowest BCUT2D eigenvalue weighted by molar-refractivity contribution is 0.0546. The molecule has 0 atom stereocenters. The van der Waals surface area contributed by atoms with E-state index in [2.05, 4.69) is 39.8 Å². The van der Waals surface area contributed by atoms with Crippen molar-refractivity contribution in [2.75, 3.05) is 13.1 Å². The molecule has 1 N–H and O–H groups in total. The summed E-state index contributed by atoms with van der Waals surface area (Å²) in [6.45, 7) is 10.5. The van der Waals surface area contributed by atoms with Crippen LogP contribution in [0.4, 0.5) is 0 Å². The third kappa shape index (κ3) is 3.03. The molecule has 1 aromatic carbocycles. The minimum atomic E-state index is -0.248. The van der Waals surface area contributed by atoms with Crippen molar-refractivity contribution in [1.29, 1.82) is 0 Å². The first-order valence-corrected chi connectivity index (χ1v) is 8.83. The van der Waals surface area contributed by atoms with Gasteiger partial charge in [-0.2, -0.15) is 0 Å². The second kappa shape index (κ2) is 5.62. The van der Waals surface area contributed by atoms with E-state index in [-0.39, 0.29) is 22.8 Å². The molecular weight excluding hydrogens is 286 g/mol. The fraction of sp³-hybridized carbons (Fsp3) is 0.650. The van der Waals surface area contributed by atoms with Crippen LogP contribution in [-0.2, 0) is 10.8 Å². The van der Waals surface area contributed by atoms with Crippen molar-refractivity contribution in [3.8, 4) is 0 Å². The fourth-order valence-electron chi connectivity index (χ4n) is 3.97. The first-order chi connectivity index (χ1) is 10.7. The number of fused-ring (bicyclic) bond motifs is 1. The predicted molar refractivity (Wildman–Crippen MR) is 92.9 cm³/mol. The van der Waals surface area contributed by atoms with Gasteiger partial charge in [-0.25, -0.2) is 0 Å². The van der Waals surface area contributed by atoms with Gasteiger partial charge in [-0.1, -0.05) is 33.8 Å². The fourth-order valence-corrected chi connectivity index (χ4v) is 3.97. The monoisotopic (exact) mass is 315 g/mol. The molecule has 126 valence electrons. The van der Waals surface area contributed by atoms with Crippen LogP contribution in [0.5, 0.6) is 0 Å². The highest BCUT2D eigenvalue weighted by Gasteiger charge is 2.37. The van der Waals surface area contributed by atoms with Gasteiger partial charge in [-0.3, -0.25) is 4.79 Å². The largest absolute Gasteiger partial charge is 0.393 e. The third-order valence-corrected chi connectivity index (χ3v) is 5.85. The Bertz CT molecular complexity index is 610. The zero-order valence-electron chi connectivity index (χ0n) is 14.9. The molecule has 1 saturated heterocycles. The lowest BCUT2D eigenvalue weighted by Crippen LogP contribution is -2.40. The number of aliphatic hydroxyl groups excluding tert-OH is 1. The second-order valence-electron chi connectivity index (χ2n) is 8.55. The number of rotatable bonds is 1. The van der Waals surface area contributed by atoms with Crippen molar-refractivity contribution in [3.63, 3.8) is 0 Å². The molecule has 2 aliphatic rings. The highest BCUT2D eigenvalue weighted by molar-refractivity contribution is 5.94. The van der Waals surface area contributed by atoms with Gasteiger partial charge in [0, 0.05) is 18.7 Å². The highest BCUT2D eigenvalue weighted by atomic mass is 16.3. The van der Waals surface area contributed by atoms with Crippen LogP contribution in [0.15, 0.2) is 18.2 Å². The molecule has 0 radical (unpaired) electrons. The minimum Gasteiger partial charge on any atom is -0.393 e. The number of carbonyl (C=O) groups is 1. The summed E-state index contributed by atoms with van der Waals surface area (Å²) in [6, 6.07) is 6.29. The number of amides is 1. The molecular formula is C20H29NO2. The van der Waals surface area contributed by atoms with E-state index in [0.717, 1.165) is 12.0 Å². The van der Waals surface area contributed by atoms with Crippen molar-refractivity contribution < 1.29 is 9.90 Å². The summed E-state index contributed by atoms with van der Waals surface area (Å²) in [6.07, 6.45) is 3.47. The van der Waals surface area contributed by atoms with E-state index in [1.165, 1.54) is 17.5 Å². The van der Waals surface area contributed by atoms with Crippen LogP contribution in [0.25, 0.3) is 0 Å². The normalized spacial score (nSPS) is 23.4. The molecule has 1 heterocycles. The van der Waals surface area contributed by atoms with E-state index in [0.29, 0.717) is 25.9 Å². The average molecular weight is 315 g/mol. The molecule has 0 saturated carbocycles. The number of piperidine rings is 1. The summed E-state index contributed by atoms with van der Waals surface area (Å²) >= 11 is 0. The minimum absolute atomic E-state index is 0.110. The van der Waals surface area contributed by atoms with Crippen molar-refractivity contribution >= 4 is 5.91 Å². The Hall–Kier alpha value is -1.35. The van der Waals surface area contributed by atoms with Gasteiger partial charge in [-0.15, -0.1) is 0 Å². The van der Waals surface area contributed by atoms with E-state index in [9.17, 15) is 9.90 Å². The van der Waals surface area contributed by atoms with Gasteiger partial charge in [0.15, 0.2) is 0 Å². The predicted octanol–water partition coefficient (Wildman–Crippen LogP) is 3.63. The van der Waals surface area contributed by atoms with E-state index >= 15 is 0 Å². The summed E-state index contributed by atoms with van der Waals surface area (Å²) in [7, 11) is 0. The number of nitrogens with zero attached hydrogens (tertiary/aromatic N) is 1. The maximum Gasteiger partial charge on any atom is 0.253 e. The van der Waals surface area contributed by atoms with E-state index in [1.807, 2.05) is 11.0 Å². The van der Waals surface area contributed by atoms with E-state index in [1.54, 1.807) is 0 Å². The van der Waals surface area contributed by atoms with Gasteiger partial charge in [0.2, 0.25) is 0 Å².